The van der Waals surface area contributed by atoms with Crippen LogP contribution in [0.2, 0.25) is 0 Å². The lowest BCUT2D eigenvalue weighted by Crippen LogP contribution is -2.20. The average Bonchev–Trinajstić information content (AvgIpc) is 2.92. The van der Waals surface area contributed by atoms with Crippen LogP contribution in [0.25, 0.3) is 10.7 Å². The van der Waals surface area contributed by atoms with Crippen molar-refractivity contribution in [1.29, 1.82) is 0 Å². The molecule has 0 bridgehead atoms. The molecule has 102 valence electrons. The summed E-state index contributed by atoms with van der Waals surface area (Å²) in [6, 6.07) is 5.82. The number of rotatable bonds is 8. The summed E-state index contributed by atoms with van der Waals surface area (Å²) in [7, 11) is 1.71. The molecule has 2 rings (SSSR count). The van der Waals surface area contributed by atoms with E-state index >= 15 is 0 Å². The summed E-state index contributed by atoms with van der Waals surface area (Å²) in [5.41, 5.74) is 0.893. The quantitative estimate of drug-likeness (QED) is 0.746. The Morgan fingerprint density at radius 3 is 3.00 bits per heavy atom. The molecule has 0 radical (unpaired) electrons. The van der Waals surface area contributed by atoms with Crippen molar-refractivity contribution in [2.45, 2.75) is 12.8 Å². The lowest BCUT2D eigenvalue weighted by atomic mass is 10.3. The molecule has 0 aliphatic rings. The van der Waals surface area contributed by atoms with Crippen molar-refractivity contribution in [3.8, 4) is 10.7 Å². The Morgan fingerprint density at radius 1 is 1.26 bits per heavy atom. The highest BCUT2D eigenvalue weighted by molar-refractivity contribution is 7.14. The van der Waals surface area contributed by atoms with E-state index in [1.54, 1.807) is 24.6 Å². The van der Waals surface area contributed by atoms with Crippen molar-refractivity contribution in [2.24, 2.45) is 0 Å². The van der Waals surface area contributed by atoms with E-state index in [1.807, 2.05) is 18.2 Å². The zero-order valence-electron chi connectivity index (χ0n) is 11.0. The zero-order chi connectivity index (χ0) is 13.3. The number of nitrogens with one attached hydrogen (secondary N) is 1. The second-order valence-corrected chi connectivity index (χ2v) is 5.12. The van der Waals surface area contributed by atoms with E-state index in [1.165, 1.54) is 0 Å². The van der Waals surface area contributed by atoms with Gasteiger partial charge >= 0.3 is 0 Å². The summed E-state index contributed by atoms with van der Waals surface area (Å²) in [6.07, 6.45) is 3.78. The molecule has 0 spiro atoms. The van der Waals surface area contributed by atoms with Gasteiger partial charge in [0, 0.05) is 26.3 Å². The summed E-state index contributed by atoms with van der Waals surface area (Å²) < 4.78 is 4.97. The Balaban J connectivity index is 1.75. The minimum absolute atomic E-state index is 0.753. The molecular formula is C13H18N4OS. The van der Waals surface area contributed by atoms with E-state index in [0.717, 1.165) is 48.2 Å². The van der Waals surface area contributed by atoms with Crippen molar-refractivity contribution in [2.75, 3.05) is 26.8 Å². The van der Waals surface area contributed by atoms with Crippen molar-refractivity contribution in [3.63, 3.8) is 0 Å². The summed E-state index contributed by atoms with van der Waals surface area (Å²) in [4.78, 5) is 4.27. The van der Waals surface area contributed by atoms with Gasteiger partial charge in [0.15, 0.2) is 5.01 Å². The predicted molar refractivity (Wildman–Crippen MR) is 76.2 cm³/mol. The molecule has 2 aromatic rings. The van der Waals surface area contributed by atoms with Crippen molar-refractivity contribution >= 4 is 11.3 Å². The lowest BCUT2D eigenvalue weighted by Gasteiger charge is -2.01. The first-order chi connectivity index (χ1) is 9.40. The first-order valence-corrected chi connectivity index (χ1v) is 7.15. The number of methoxy groups -OCH3 is 1. The number of hydrogen-bond acceptors (Lipinski definition) is 6. The number of aryl methyl sites for hydroxylation is 1. The van der Waals surface area contributed by atoms with Gasteiger partial charge in [0.25, 0.3) is 0 Å². The van der Waals surface area contributed by atoms with Crippen LogP contribution in [-0.2, 0) is 11.2 Å². The van der Waals surface area contributed by atoms with Crippen molar-refractivity contribution < 1.29 is 4.74 Å². The van der Waals surface area contributed by atoms with E-state index in [4.69, 9.17) is 4.74 Å². The van der Waals surface area contributed by atoms with Crippen LogP contribution in [0.4, 0.5) is 0 Å². The monoisotopic (exact) mass is 278 g/mol. The topological polar surface area (TPSA) is 59.9 Å². The first-order valence-electron chi connectivity index (χ1n) is 6.33. The molecule has 2 heterocycles. The Labute approximate surface area is 117 Å². The minimum Gasteiger partial charge on any atom is -0.383 e. The molecule has 6 heteroatoms. The third kappa shape index (κ3) is 4.66. The number of aromatic nitrogens is 3. The Morgan fingerprint density at radius 2 is 2.21 bits per heavy atom. The third-order valence-corrected chi connectivity index (χ3v) is 3.58. The van der Waals surface area contributed by atoms with E-state index in [-0.39, 0.29) is 0 Å². The van der Waals surface area contributed by atoms with Gasteiger partial charge in [-0.3, -0.25) is 4.98 Å². The van der Waals surface area contributed by atoms with Gasteiger partial charge in [-0.25, -0.2) is 0 Å². The van der Waals surface area contributed by atoms with Crippen LogP contribution in [0.3, 0.4) is 0 Å². The van der Waals surface area contributed by atoms with E-state index in [0.29, 0.717) is 0 Å². The Bertz CT molecular complexity index is 475. The lowest BCUT2D eigenvalue weighted by molar-refractivity contribution is 0.199. The van der Waals surface area contributed by atoms with Gasteiger partial charge in [-0.05, 0) is 25.1 Å². The molecule has 0 fully saturated rings. The maximum Gasteiger partial charge on any atom is 0.166 e. The smallest absolute Gasteiger partial charge is 0.166 e. The van der Waals surface area contributed by atoms with Gasteiger partial charge in [-0.2, -0.15) is 0 Å². The normalized spacial score (nSPS) is 10.8. The van der Waals surface area contributed by atoms with Gasteiger partial charge < -0.3 is 10.1 Å². The minimum atomic E-state index is 0.753. The number of pyridine rings is 1. The standard InChI is InChI=1S/C13H18N4OS/c1-18-10-9-14-7-4-6-12-16-17-13(19-12)11-5-2-3-8-15-11/h2-3,5,8,14H,4,6-7,9-10H2,1H3. The van der Waals surface area contributed by atoms with E-state index in [2.05, 4.69) is 20.5 Å². The molecular weight excluding hydrogens is 260 g/mol. The van der Waals surface area contributed by atoms with E-state index in [9.17, 15) is 0 Å². The third-order valence-electron chi connectivity index (χ3n) is 2.58. The van der Waals surface area contributed by atoms with Crippen molar-refractivity contribution in [1.82, 2.24) is 20.5 Å². The molecule has 1 N–H and O–H groups in total. The maximum absolute atomic E-state index is 4.97. The van der Waals surface area contributed by atoms with Gasteiger partial charge in [0.1, 0.15) is 10.7 Å². The summed E-state index contributed by atoms with van der Waals surface area (Å²) in [5, 5.41) is 13.7. The second kappa shape index (κ2) is 7.93. The first kappa shape index (κ1) is 14.0. The van der Waals surface area contributed by atoms with Gasteiger partial charge in [-0.15, -0.1) is 10.2 Å². The SMILES string of the molecule is COCCNCCCc1nnc(-c2ccccn2)s1. The van der Waals surface area contributed by atoms with Crippen LogP contribution in [-0.4, -0.2) is 42.0 Å². The largest absolute Gasteiger partial charge is 0.383 e. The van der Waals surface area contributed by atoms with Crippen LogP contribution < -0.4 is 5.32 Å². The number of hydrogen-bond donors (Lipinski definition) is 1. The zero-order valence-corrected chi connectivity index (χ0v) is 11.8. The van der Waals surface area contributed by atoms with Gasteiger partial charge in [0.05, 0.1) is 6.61 Å². The molecule has 0 amide bonds. The molecule has 0 unspecified atom stereocenters. The Kier molecular flexibility index (Phi) is 5.87. The molecule has 2 aromatic heterocycles. The molecule has 0 aromatic carbocycles. The van der Waals surface area contributed by atoms with Gasteiger partial charge in [-0.1, -0.05) is 17.4 Å². The van der Waals surface area contributed by atoms with Crippen LogP contribution in [0.15, 0.2) is 24.4 Å². The van der Waals surface area contributed by atoms with Crippen LogP contribution in [0.5, 0.6) is 0 Å². The predicted octanol–water partition coefficient (Wildman–Crippen LogP) is 1.77. The molecule has 0 saturated heterocycles. The van der Waals surface area contributed by atoms with Crippen molar-refractivity contribution in [3.05, 3.63) is 29.4 Å². The molecule has 5 nitrogen and oxygen atoms in total. The molecule has 19 heavy (non-hydrogen) atoms. The maximum atomic E-state index is 4.97. The molecule has 0 aliphatic heterocycles. The fourth-order valence-electron chi connectivity index (χ4n) is 1.61. The summed E-state index contributed by atoms with van der Waals surface area (Å²) in [5.74, 6) is 0. The highest BCUT2D eigenvalue weighted by Crippen LogP contribution is 2.21. The average molecular weight is 278 g/mol. The molecule has 0 atom stereocenters. The number of nitrogens with zero attached hydrogens (tertiary/aromatic N) is 3. The highest BCUT2D eigenvalue weighted by atomic mass is 32.1. The van der Waals surface area contributed by atoms with E-state index < -0.39 is 0 Å². The Hall–Kier alpha value is -1.37. The van der Waals surface area contributed by atoms with Crippen LogP contribution in [0.1, 0.15) is 11.4 Å². The van der Waals surface area contributed by atoms with Crippen LogP contribution >= 0.6 is 11.3 Å². The fourth-order valence-corrected chi connectivity index (χ4v) is 2.47. The summed E-state index contributed by atoms with van der Waals surface area (Å²) >= 11 is 1.62. The summed E-state index contributed by atoms with van der Waals surface area (Å²) in [6.45, 7) is 2.62. The van der Waals surface area contributed by atoms with Crippen LogP contribution in [0, 0.1) is 0 Å². The molecule has 0 aliphatic carbocycles. The fraction of sp³-hybridized carbons (Fsp3) is 0.462. The number of ether oxygens (including phenoxy) is 1. The molecule has 0 saturated carbocycles. The highest BCUT2D eigenvalue weighted by Gasteiger charge is 2.06. The second-order valence-electron chi connectivity index (χ2n) is 4.06. The van der Waals surface area contributed by atoms with Gasteiger partial charge in [0.2, 0.25) is 0 Å².